The van der Waals surface area contributed by atoms with Gasteiger partial charge in [-0.2, -0.15) is 4.98 Å². The van der Waals surface area contributed by atoms with Crippen LogP contribution in [0.25, 0.3) is 11.2 Å². The molecule has 1 amide bonds. The molecule has 3 rings (SSSR count). The van der Waals surface area contributed by atoms with E-state index in [1.54, 1.807) is 27.2 Å². The number of nitrogens with zero attached hydrogens (tertiary/aromatic N) is 3. The molecule has 3 atom stereocenters. The van der Waals surface area contributed by atoms with Crippen LogP contribution in [0.15, 0.2) is 11.1 Å². The topological polar surface area (TPSA) is 148 Å². The van der Waals surface area contributed by atoms with Crippen molar-refractivity contribution < 1.29 is 23.9 Å². The summed E-state index contributed by atoms with van der Waals surface area (Å²) in [5, 5.41) is 13.1. The van der Waals surface area contributed by atoms with E-state index in [2.05, 4.69) is 20.3 Å². The molecule has 3 heterocycles. The van der Waals surface area contributed by atoms with Gasteiger partial charge >= 0.3 is 0 Å². The van der Waals surface area contributed by atoms with Crippen molar-refractivity contribution in [2.75, 3.05) is 31.6 Å². The number of amides is 1. The third kappa shape index (κ3) is 4.33. The fraction of sp³-hybridized carbons (Fsp3) is 0.625. The molecular formula is C16H24N5O6P. The number of aromatic nitrogens is 4. The quantitative estimate of drug-likeness (QED) is 0.582. The Hall–Kier alpha value is -2.07. The molecular weight excluding hydrogens is 389 g/mol. The normalized spacial score (nSPS) is 22.9. The van der Waals surface area contributed by atoms with Crippen molar-refractivity contribution in [2.45, 2.75) is 32.3 Å². The van der Waals surface area contributed by atoms with Gasteiger partial charge in [-0.3, -0.25) is 24.5 Å². The van der Waals surface area contributed by atoms with Gasteiger partial charge in [-0.25, -0.2) is 4.98 Å². The third-order valence-electron chi connectivity index (χ3n) is 4.18. The van der Waals surface area contributed by atoms with Crippen molar-refractivity contribution in [3.05, 3.63) is 16.7 Å². The summed E-state index contributed by atoms with van der Waals surface area (Å²) < 4.78 is 24.4. The van der Waals surface area contributed by atoms with E-state index in [1.807, 2.05) is 0 Å². The smallest absolute Gasteiger partial charge is 0.280 e. The van der Waals surface area contributed by atoms with E-state index >= 15 is 0 Å². The minimum Gasteiger partial charge on any atom is -0.386 e. The molecule has 28 heavy (non-hydrogen) atoms. The Morgan fingerprint density at radius 3 is 2.89 bits per heavy atom. The molecule has 1 aliphatic rings. The van der Waals surface area contributed by atoms with Crippen molar-refractivity contribution in [1.82, 2.24) is 19.5 Å². The van der Waals surface area contributed by atoms with Crippen LogP contribution in [0, 0.1) is 5.92 Å². The number of anilines is 1. The second-order valence-corrected chi connectivity index (χ2v) is 10.9. The lowest BCUT2D eigenvalue weighted by atomic mass is 10.2. The number of fused-ring (bicyclic) bond motifs is 1. The highest BCUT2D eigenvalue weighted by molar-refractivity contribution is 7.62. The molecule has 0 aromatic carbocycles. The molecule has 0 spiro atoms. The summed E-state index contributed by atoms with van der Waals surface area (Å²) in [5.74, 6) is -0.615. The maximum atomic E-state index is 12.3. The number of carbonyl (C=O) groups is 1. The number of hydrogen-bond acceptors (Lipinski definition) is 8. The van der Waals surface area contributed by atoms with Gasteiger partial charge in [-0.05, 0) is 13.3 Å². The van der Waals surface area contributed by atoms with Crippen LogP contribution in [0.1, 0.15) is 20.1 Å². The number of nitrogens with one attached hydrogen (secondary N) is 2. The van der Waals surface area contributed by atoms with E-state index in [0.717, 1.165) is 0 Å². The van der Waals surface area contributed by atoms with E-state index in [9.17, 15) is 19.3 Å². The summed E-state index contributed by atoms with van der Waals surface area (Å²) in [7, 11) is -2.40. The Morgan fingerprint density at radius 1 is 1.54 bits per heavy atom. The number of aliphatic hydroxyl groups is 1. The minimum atomic E-state index is -2.40. The lowest BCUT2D eigenvalue weighted by molar-refractivity contribution is -0.118. The Balaban J connectivity index is 1.87. The van der Waals surface area contributed by atoms with Crippen LogP contribution in [0.4, 0.5) is 5.95 Å². The monoisotopic (exact) mass is 413 g/mol. The number of hydrogen-bond donors (Lipinski definition) is 3. The first-order chi connectivity index (χ1) is 13.1. The van der Waals surface area contributed by atoms with Gasteiger partial charge in [-0.15, -0.1) is 0 Å². The lowest BCUT2D eigenvalue weighted by Crippen LogP contribution is -2.31. The van der Waals surface area contributed by atoms with Gasteiger partial charge in [0.05, 0.1) is 19.3 Å². The fourth-order valence-electron chi connectivity index (χ4n) is 2.67. The summed E-state index contributed by atoms with van der Waals surface area (Å²) in [6.07, 6.45) is -1.26. The van der Waals surface area contributed by atoms with Gasteiger partial charge in [-0.1, -0.05) is 13.8 Å². The molecule has 2 aromatic rings. The van der Waals surface area contributed by atoms with Crippen LogP contribution in [0.3, 0.4) is 0 Å². The minimum absolute atomic E-state index is 0.0175. The van der Waals surface area contributed by atoms with Crippen LogP contribution in [0.2, 0.25) is 0 Å². The predicted octanol–water partition coefficient (Wildman–Crippen LogP) is 0.569. The molecule has 2 aromatic heterocycles. The summed E-state index contributed by atoms with van der Waals surface area (Å²) >= 11 is 0. The molecule has 0 unspecified atom stereocenters. The zero-order valence-corrected chi connectivity index (χ0v) is 17.0. The Kier molecular flexibility index (Phi) is 5.72. The zero-order valence-electron chi connectivity index (χ0n) is 16.1. The Bertz CT molecular complexity index is 980. The van der Waals surface area contributed by atoms with Crippen molar-refractivity contribution in [2.24, 2.45) is 5.92 Å². The lowest BCUT2D eigenvalue weighted by Gasteiger charge is -2.20. The average molecular weight is 413 g/mol. The van der Waals surface area contributed by atoms with Crippen molar-refractivity contribution >= 4 is 30.2 Å². The van der Waals surface area contributed by atoms with Crippen LogP contribution in [-0.4, -0.2) is 69.0 Å². The van der Waals surface area contributed by atoms with Gasteiger partial charge in [0.15, 0.2) is 17.4 Å². The number of imidazole rings is 1. The van der Waals surface area contributed by atoms with E-state index in [-0.39, 0.29) is 41.9 Å². The van der Waals surface area contributed by atoms with E-state index in [4.69, 9.17) is 9.47 Å². The number of H-pyrrole nitrogens is 1. The first-order valence-electron chi connectivity index (χ1n) is 8.80. The average Bonchev–Trinajstić information content (AvgIpc) is 3.16. The first-order valence-corrected chi connectivity index (χ1v) is 11.6. The van der Waals surface area contributed by atoms with Gasteiger partial charge in [0.25, 0.3) is 5.56 Å². The van der Waals surface area contributed by atoms with Crippen LogP contribution in [-0.2, 0) is 18.8 Å². The van der Waals surface area contributed by atoms with E-state index in [1.165, 1.54) is 10.9 Å². The van der Waals surface area contributed by atoms with Gasteiger partial charge < -0.3 is 19.1 Å². The number of rotatable bonds is 6. The second kappa shape index (κ2) is 7.75. The van der Waals surface area contributed by atoms with E-state index in [0.29, 0.717) is 0 Å². The van der Waals surface area contributed by atoms with Crippen LogP contribution < -0.4 is 10.9 Å². The SMILES string of the molecule is CC(C)C(=O)Nc1nc2c(ncn2[C@@H]2OC[C@H](OCP(C)(C)=O)[C@H]2O)c(=O)[nH]1. The molecule has 1 fully saturated rings. The summed E-state index contributed by atoms with van der Waals surface area (Å²) in [6.45, 7) is 6.71. The van der Waals surface area contributed by atoms with Gasteiger partial charge in [0, 0.05) is 5.92 Å². The molecule has 0 saturated carbocycles. The predicted molar refractivity (Wildman–Crippen MR) is 102 cm³/mol. The highest BCUT2D eigenvalue weighted by atomic mass is 31.2. The number of carbonyl (C=O) groups excluding carboxylic acids is 1. The van der Waals surface area contributed by atoms with Crippen molar-refractivity contribution in [3.8, 4) is 0 Å². The zero-order chi connectivity index (χ0) is 20.6. The van der Waals surface area contributed by atoms with Crippen LogP contribution in [0.5, 0.6) is 0 Å². The fourth-order valence-corrected chi connectivity index (χ4v) is 3.22. The van der Waals surface area contributed by atoms with Gasteiger partial charge in [0.1, 0.15) is 19.3 Å². The van der Waals surface area contributed by atoms with Gasteiger partial charge in [0.2, 0.25) is 11.9 Å². The highest BCUT2D eigenvalue weighted by Gasteiger charge is 2.39. The maximum Gasteiger partial charge on any atom is 0.280 e. The highest BCUT2D eigenvalue weighted by Crippen LogP contribution is 2.37. The van der Waals surface area contributed by atoms with Crippen LogP contribution >= 0.6 is 7.14 Å². The number of aliphatic hydroxyl groups excluding tert-OH is 1. The largest absolute Gasteiger partial charge is 0.386 e. The van der Waals surface area contributed by atoms with E-state index < -0.39 is 31.1 Å². The summed E-state index contributed by atoms with van der Waals surface area (Å²) in [5.41, 5.74) is -0.320. The number of ether oxygens (including phenoxy) is 2. The summed E-state index contributed by atoms with van der Waals surface area (Å²) in [4.78, 5) is 34.9. The number of aromatic amines is 1. The Labute approximate surface area is 160 Å². The molecule has 3 N–H and O–H groups in total. The standard InChI is InChI=1S/C16H24N5O6P/c1-8(2)13(23)19-16-18-12-10(14(24)20-16)17-6-21(12)15-11(22)9(5-26-15)27-7-28(3,4)25/h6,8-9,11,15,22H,5,7H2,1-4H3,(H2,18,19,20,23,24)/t9-,11+,15+/m0/s1. The molecule has 1 saturated heterocycles. The Morgan fingerprint density at radius 2 is 2.25 bits per heavy atom. The third-order valence-corrected chi connectivity index (χ3v) is 4.95. The first kappa shape index (κ1) is 20.7. The molecule has 154 valence electrons. The molecule has 0 bridgehead atoms. The molecule has 12 heteroatoms. The maximum absolute atomic E-state index is 12.3. The van der Waals surface area contributed by atoms with Crippen molar-refractivity contribution in [3.63, 3.8) is 0 Å². The molecule has 1 aliphatic heterocycles. The second-order valence-electron chi connectivity index (χ2n) is 7.51. The molecule has 11 nitrogen and oxygen atoms in total. The summed E-state index contributed by atoms with van der Waals surface area (Å²) in [6, 6.07) is 0. The molecule has 0 aliphatic carbocycles. The van der Waals surface area contributed by atoms with Crippen molar-refractivity contribution in [1.29, 1.82) is 0 Å². The molecule has 0 radical (unpaired) electrons.